The summed E-state index contributed by atoms with van der Waals surface area (Å²) in [6.07, 6.45) is 2.87. The monoisotopic (exact) mass is 390 g/mol. The van der Waals surface area contributed by atoms with E-state index in [-0.39, 0.29) is 0 Å². The lowest BCUT2D eigenvalue weighted by Gasteiger charge is -2.39. The summed E-state index contributed by atoms with van der Waals surface area (Å²) in [4.78, 5) is 9.59. The van der Waals surface area contributed by atoms with Crippen LogP contribution in [0.2, 0.25) is 0 Å². The molecule has 5 N–H and O–H groups in total. The molecule has 0 aromatic heterocycles. The summed E-state index contributed by atoms with van der Waals surface area (Å²) in [6, 6.07) is 18.8. The lowest BCUT2D eigenvalue weighted by atomic mass is 9.98. The third-order valence-electron chi connectivity index (χ3n) is 5.67. The Kier molecular flexibility index (Phi) is 5.56. The average Bonchev–Trinajstić information content (AvgIpc) is 2.73. The molecule has 0 aliphatic carbocycles. The van der Waals surface area contributed by atoms with Gasteiger partial charge < -0.3 is 16.0 Å². The Morgan fingerprint density at radius 2 is 1.69 bits per heavy atom. The van der Waals surface area contributed by atoms with Crippen LogP contribution in [0.4, 0.5) is 0 Å². The Bertz CT molecular complexity index is 881. The minimum atomic E-state index is -0.942. The summed E-state index contributed by atoms with van der Waals surface area (Å²) in [5.74, 6) is 1.31. The van der Waals surface area contributed by atoms with E-state index in [4.69, 9.17) is 16.5 Å². The van der Waals surface area contributed by atoms with Crippen LogP contribution < -0.4 is 16.8 Å². The predicted octanol–water partition coefficient (Wildman–Crippen LogP) is 1.73. The highest BCUT2D eigenvalue weighted by molar-refractivity contribution is 5.83. The molecule has 2 aliphatic rings. The number of hydrogen-bond donors (Lipinski definition) is 3. The Morgan fingerprint density at radius 1 is 1.00 bits per heavy atom. The molecule has 1 saturated heterocycles. The van der Waals surface area contributed by atoms with E-state index in [9.17, 15) is 0 Å². The number of hydrogen-bond acceptors (Lipinski definition) is 6. The van der Waals surface area contributed by atoms with Gasteiger partial charge in [-0.05, 0) is 24.5 Å². The second-order valence-electron chi connectivity index (χ2n) is 7.92. The van der Waals surface area contributed by atoms with Crippen LogP contribution in [0.5, 0.6) is 0 Å². The SMILES string of the molecule is Cc1ccc(C2(N)C=C(N)NC(N3CCN(CCc4ccccc4)CC3)=N2)cc1. The van der Waals surface area contributed by atoms with Crippen molar-refractivity contribution in [2.75, 3.05) is 32.7 Å². The van der Waals surface area contributed by atoms with Crippen LogP contribution in [0.15, 0.2) is 71.5 Å². The Morgan fingerprint density at radius 3 is 2.38 bits per heavy atom. The van der Waals surface area contributed by atoms with Gasteiger partial charge in [-0.25, -0.2) is 4.99 Å². The minimum absolute atomic E-state index is 0.546. The molecule has 2 aliphatic heterocycles. The maximum Gasteiger partial charge on any atom is 0.202 e. The van der Waals surface area contributed by atoms with Gasteiger partial charge in [-0.15, -0.1) is 0 Å². The van der Waals surface area contributed by atoms with Gasteiger partial charge in [0.05, 0.1) is 0 Å². The quantitative estimate of drug-likeness (QED) is 0.741. The summed E-state index contributed by atoms with van der Waals surface area (Å²) in [7, 11) is 0. The zero-order chi connectivity index (χ0) is 20.3. The molecule has 6 heteroatoms. The molecular formula is C23H30N6. The van der Waals surface area contributed by atoms with Crippen LogP contribution in [0.25, 0.3) is 0 Å². The lowest BCUT2D eigenvalue weighted by Crippen LogP contribution is -2.56. The predicted molar refractivity (Wildman–Crippen MR) is 118 cm³/mol. The van der Waals surface area contributed by atoms with E-state index < -0.39 is 5.66 Å². The maximum absolute atomic E-state index is 6.64. The van der Waals surface area contributed by atoms with Crippen molar-refractivity contribution < 1.29 is 0 Å². The van der Waals surface area contributed by atoms with Gasteiger partial charge in [0.25, 0.3) is 0 Å². The lowest BCUT2D eigenvalue weighted by molar-refractivity contribution is 0.180. The number of guanidine groups is 1. The second-order valence-corrected chi connectivity index (χ2v) is 7.92. The Hall–Kier alpha value is -2.83. The van der Waals surface area contributed by atoms with Crippen LogP contribution in [0.3, 0.4) is 0 Å². The molecule has 4 rings (SSSR count). The first-order valence-electron chi connectivity index (χ1n) is 10.2. The molecule has 0 spiro atoms. The molecule has 2 heterocycles. The molecule has 29 heavy (non-hydrogen) atoms. The molecule has 0 bridgehead atoms. The molecule has 2 aromatic carbocycles. The number of piperazine rings is 1. The van der Waals surface area contributed by atoms with E-state index in [0.717, 1.165) is 50.7 Å². The number of aryl methyl sites for hydroxylation is 1. The van der Waals surface area contributed by atoms with Gasteiger partial charge in [-0.2, -0.15) is 0 Å². The van der Waals surface area contributed by atoms with Crippen molar-refractivity contribution in [2.45, 2.75) is 19.0 Å². The molecule has 0 amide bonds. The number of aliphatic imine (C=N–C) groups is 1. The zero-order valence-electron chi connectivity index (χ0n) is 17.0. The second kappa shape index (κ2) is 8.27. The fourth-order valence-corrected chi connectivity index (χ4v) is 3.87. The first-order chi connectivity index (χ1) is 14.0. The highest BCUT2D eigenvalue weighted by Crippen LogP contribution is 2.25. The molecule has 1 fully saturated rings. The van der Waals surface area contributed by atoms with Gasteiger partial charge in [0.1, 0.15) is 5.82 Å². The van der Waals surface area contributed by atoms with Crippen molar-refractivity contribution in [3.05, 3.63) is 83.2 Å². The van der Waals surface area contributed by atoms with E-state index in [1.807, 2.05) is 12.1 Å². The van der Waals surface area contributed by atoms with Crippen molar-refractivity contribution >= 4 is 5.96 Å². The van der Waals surface area contributed by atoms with Gasteiger partial charge in [0.15, 0.2) is 5.66 Å². The average molecular weight is 391 g/mol. The zero-order valence-corrected chi connectivity index (χ0v) is 17.0. The molecular weight excluding hydrogens is 360 g/mol. The summed E-state index contributed by atoms with van der Waals surface area (Å²) in [5, 5.41) is 3.21. The maximum atomic E-state index is 6.64. The minimum Gasteiger partial charge on any atom is -0.385 e. The number of rotatable bonds is 4. The van der Waals surface area contributed by atoms with Gasteiger partial charge >= 0.3 is 0 Å². The van der Waals surface area contributed by atoms with Gasteiger partial charge in [0, 0.05) is 38.8 Å². The van der Waals surface area contributed by atoms with E-state index in [1.165, 1.54) is 11.1 Å². The fourth-order valence-electron chi connectivity index (χ4n) is 3.87. The largest absolute Gasteiger partial charge is 0.385 e. The van der Waals surface area contributed by atoms with Crippen LogP contribution in [0, 0.1) is 6.92 Å². The standard InChI is InChI=1S/C23H30N6/c1-18-7-9-20(10-8-18)23(25)17-21(24)26-22(27-23)29-15-13-28(14-16-29)12-11-19-5-3-2-4-6-19/h2-10,17H,11-16,24-25H2,1H3,(H,26,27). The first-order valence-corrected chi connectivity index (χ1v) is 10.2. The molecule has 1 unspecified atom stereocenters. The van der Waals surface area contributed by atoms with Crippen LogP contribution >= 0.6 is 0 Å². The fraction of sp³-hybridized carbons (Fsp3) is 0.348. The van der Waals surface area contributed by atoms with Crippen molar-refractivity contribution in [2.24, 2.45) is 16.5 Å². The van der Waals surface area contributed by atoms with Crippen LogP contribution in [-0.2, 0) is 12.1 Å². The van der Waals surface area contributed by atoms with E-state index >= 15 is 0 Å². The van der Waals surface area contributed by atoms with E-state index in [1.54, 1.807) is 6.08 Å². The van der Waals surface area contributed by atoms with Crippen LogP contribution in [0.1, 0.15) is 16.7 Å². The van der Waals surface area contributed by atoms with Crippen LogP contribution in [-0.4, -0.2) is 48.5 Å². The molecule has 0 saturated carbocycles. The summed E-state index contributed by atoms with van der Waals surface area (Å²) in [5.41, 5.74) is 15.4. The number of benzene rings is 2. The summed E-state index contributed by atoms with van der Waals surface area (Å²) >= 11 is 0. The van der Waals surface area contributed by atoms with Crippen molar-refractivity contribution in [1.82, 2.24) is 15.1 Å². The third-order valence-corrected chi connectivity index (χ3v) is 5.67. The van der Waals surface area contributed by atoms with E-state index in [2.05, 4.69) is 64.5 Å². The van der Waals surface area contributed by atoms with Gasteiger partial charge in [0.2, 0.25) is 5.96 Å². The normalized spacial score (nSPS) is 22.6. The van der Waals surface area contributed by atoms with E-state index in [0.29, 0.717) is 5.82 Å². The summed E-state index contributed by atoms with van der Waals surface area (Å²) < 4.78 is 0. The highest BCUT2D eigenvalue weighted by atomic mass is 15.4. The highest BCUT2D eigenvalue weighted by Gasteiger charge is 2.31. The van der Waals surface area contributed by atoms with Crippen molar-refractivity contribution in [1.29, 1.82) is 0 Å². The third kappa shape index (κ3) is 4.60. The smallest absolute Gasteiger partial charge is 0.202 e. The van der Waals surface area contributed by atoms with Crippen molar-refractivity contribution in [3.8, 4) is 0 Å². The molecule has 0 radical (unpaired) electrons. The van der Waals surface area contributed by atoms with Gasteiger partial charge in [-0.3, -0.25) is 10.6 Å². The van der Waals surface area contributed by atoms with Gasteiger partial charge in [-0.1, -0.05) is 60.2 Å². The van der Waals surface area contributed by atoms with Crippen molar-refractivity contribution in [3.63, 3.8) is 0 Å². The summed E-state index contributed by atoms with van der Waals surface area (Å²) in [6.45, 7) is 6.93. The molecule has 1 atom stereocenters. The molecule has 2 aromatic rings. The molecule has 6 nitrogen and oxygen atoms in total. The first kappa shape index (κ1) is 19.5. The number of nitrogens with two attached hydrogens (primary N) is 2. The molecule has 152 valence electrons. The number of nitrogens with one attached hydrogen (secondary N) is 1. The Labute approximate surface area is 172 Å². The number of nitrogens with zero attached hydrogens (tertiary/aromatic N) is 3. The topological polar surface area (TPSA) is 82.9 Å². The Balaban J connectivity index is 1.40.